The summed E-state index contributed by atoms with van der Waals surface area (Å²) in [7, 11) is 0. The summed E-state index contributed by atoms with van der Waals surface area (Å²) < 4.78 is 13.3. The van der Waals surface area contributed by atoms with Crippen molar-refractivity contribution in [3.05, 3.63) is 35.1 Å². The zero-order chi connectivity index (χ0) is 9.68. The first-order valence-electron chi connectivity index (χ1n) is 3.53. The number of benzene rings is 1. The molecule has 0 radical (unpaired) electrons. The molecule has 3 heteroatoms. The van der Waals surface area contributed by atoms with Crippen molar-refractivity contribution in [2.75, 3.05) is 5.33 Å². The van der Waals surface area contributed by atoms with Crippen LogP contribution in [0.1, 0.15) is 11.1 Å². The SMILES string of the molecule is N#Cc1cccc(C#CCBr)c1F. The van der Waals surface area contributed by atoms with E-state index in [1.807, 2.05) is 0 Å². The van der Waals surface area contributed by atoms with E-state index < -0.39 is 5.82 Å². The van der Waals surface area contributed by atoms with Crippen LogP contribution in [0.2, 0.25) is 0 Å². The minimum atomic E-state index is -0.543. The Morgan fingerprint density at radius 3 is 2.69 bits per heavy atom. The second-order valence-corrected chi connectivity index (χ2v) is 2.78. The van der Waals surface area contributed by atoms with E-state index in [-0.39, 0.29) is 11.1 Å². The largest absolute Gasteiger partial charge is 0.204 e. The van der Waals surface area contributed by atoms with Crippen LogP contribution >= 0.6 is 15.9 Å². The van der Waals surface area contributed by atoms with Gasteiger partial charge < -0.3 is 0 Å². The molecule has 0 aromatic heterocycles. The molecule has 0 atom stereocenters. The molecule has 0 N–H and O–H groups in total. The van der Waals surface area contributed by atoms with Crippen molar-refractivity contribution in [2.24, 2.45) is 0 Å². The highest BCUT2D eigenvalue weighted by Gasteiger charge is 2.03. The molecule has 1 aromatic carbocycles. The smallest absolute Gasteiger partial charge is 0.156 e. The van der Waals surface area contributed by atoms with Gasteiger partial charge in [0.05, 0.1) is 16.5 Å². The third kappa shape index (κ3) is 2.31. The molecule has 1 aromatic rings. The highest BCUT2D eigenvalue weighted by atomic mass is 79.9. The second-order valence-electron chi connectivity index (χ2n) is 2.21. The van der Waals surface area contributed by atoms with Gasteiger partial charge in [0, 0.05) is 0 Å². The highest BCUT2D eigenvalue weighted by molar-refractivity contribution is 9.09. The Bertz CT molecular complexity index is 409. The summed E-state index contributed by atoms with van der Waals surface area (Å²) >= 11 is 3.11. The summed E-state index contributed by atoms with van der Waals surface area (Å²) in [5.41, 5.74) is 0.292. The van der Waals surface area contributed by atoms with Crippen LogP contribution in [-0.2, 0) is 0 Å². The molecular weight excluding hydrogens is 233 g/mol. The zero-order valence-electron chi connectivity index (χ0n) is 6.64. The average molecular weight is 238 g/mol. The molecule has 0 bridgehead atoms. The molecule has 1 nitrogen and oxygen atoms in total. The van der Waals surface area contributed by atoms with Crippen molar-refractivity contribution in [2.45, 2.75) is 0 Å². The van der Waals surface area contributed by atoms with Crippen molar-refractivity contribution in [1.29, 1.82) is 5.26 Å². The monoisotopic (exact) mass is 237 g/mol. The fraction of sp³-hybridized carbons (Fsp3) is 0.100. The van der Waals surface area contributed by atoms with Gasteiger partial charge in [0.25, 0.3) is 0 Å². The van der Waals surface area contributed by atoms with Crippen LogP contribution in [0.5, 0.6) is 0 Å². The Morgan fingerprint density at radius 1 is 1.38 bits per heavy atom. The number of nitriles is 1. The normalized spacial score (nSPS) is 8.38. The summed E-state index contributed by atoms with van der Waals surface area (Å²) in [6, 6.07) is 6.34. The number of rotatable bonds is 0. The maximum absolute atomic E-state index is 13.3. The molecule has 0 heterocycles. The van der Waals surface area contributed by atoms with Gasteiger partial charge >= 0.3 is 0 Å². The Labute approximate surface area is 84.3 Å². The predicted molar refractivity (Wildman–Crippen MR) is 51.8 cm³/mol. The maximum atomic E-state index is 13.3. The van der Waals surface area contributed by atoms with Crippen LogP contribution in [0.25, 0.3) is 0 Å². The number of hydrogen-bond donors (Lipinski definition) is 0. The van der Waals surface area contributed by atoms with E-state index in [0.29, 0.717) is 5.33 Å². The second kappa shape index (κ2) is 4.64. The fourth-order valence-electron chi connectivity index (χ4n) is 0.843. The molecule has 13 heavy (non-hydrogen) atoms. The van der Waals surface area contributed by atoms with Gasteiger partial charge in [-0.3, -0.25) is 0 Å². The number of alkyl halides is 1. The van der Waals surface area contributed by atoms with E-state index >= 15 is 0 Å². The highest BCUT2D eigenvalue weighted by Crippen LogP contribution is 2.10. The molecular formula is C10H5BrFN. The van der Waals surface area contributed by atoms with Gasteiger partial charge in [-0.25, -0.2) is 4.39 Å². The lowest BCUT2D eigenvalue weighted by molar-refractivity contribution is 0.620. The summed E-state index contributed by atoms with van der Waals surface area (Å²) in [6.07, 6.45) is 0. The lowest BCUT2D eigenvalue weighted by Gasteiger charge is -1.94. The van der Waals surface area contributed by atoms with E-state index in [1.165, 1.54) is 6.07 Å². The molecule has 0 aliphatic heterocycles. The molecule has 0 fully saturated rings. The molecule has 0 unspecified atom stereocenters. The lowest BCUT2D eigenvalue weighted by atomic mass is 10.1. The zero-order valence-corrected chi connectivity index (χ0v) is 8.23. The van der Waals surface area contributed by atoms with Crippen LogP contribution < -0.4 is 0 Å². The van der Waals surface area contributed by atoms with Crippen LogP contribution in [0.3, 0.4) is 0 Å². The van der Waals surface area contributed by atoms with Crippen LogP contribution in [0, 0.1) is 29.0 Å². The Hall–Kier alpha value is -1.32. The minimum absolute atomic E-state index is 0.0290. The number of halogens is 2. The first kappa shape index (κ1) is 9.77. The van der Waals surface area contributed by atoms with E-state index in [9.17, 15) is 4.39 Å². The third-order valence-electron chi connectivity index (χ3n) is 1.41. The van der Waals surface area contributed by atoms with E-state index in [0.717, 1.165) is 0 Å². The first-order valence-corrected chi connectivity index (χ1v) is 4.65. The fourth-order valence-corrected chi connectivity index (χ4v) is 0.984. The van der Waals surface area contributed by atoms with Gasteiger partial charge in [-0.05, 0) is 12.1 Å². The average Bonchev–Trinajstić information content (AvgIpc) is 2.16. The van der Waals surface area contributed by atoms with Gasteiger partial charge in [-0.2, -0.15) is 5.26 Å². The maximum Gasteiger partial charge on any atom is 0.156 e. The summed E-state index contributed by atoms with van der Waals surface area (Å²) in [5.74, 6) is 4.75. The molecule has 1 rings (SSSR count). The minimum Gasteiger partial charge on any atom is -0.204 e. The lowest BCUT2D eigenvalue weighted by Crippen LogP contribution is -1.88. The third-order valence-corrected chi connectivity index (χ3v) is 1.69. The summed E-state index contributed by atoms with van der Waals surface area (Å²) in [6.45, 7) is 0. The van der Waals surface area contributed by atoms with Gasteiger partial charge in [-0.15, -0.1) is 0 Å². The molecule has 0 spiro atoms. The molecule has 0 aliphatic rings. The Balaban J connectivity index is 3.18. The molecule has 64 valence electrons. The molecule has 0 saturated carbocycles. The Kier molecular flexibility index (Phi) is 3.49. The standard InChI is InChI=1S/C10H5BrFN/c11-6-2-5-8-3-1-4-9(7-13)10(8)12/h1,3-4H,6H2. The van der Waals surface area contributed by atoms with Gasteiger partial charge in [0.15, 0.2) is 5.82 Å². The number of nitrogens with zero attached hydrogens (tertiary/aromatic N) is 1. The van der Waals surface area contributed by atoms with Crippen molar-refractivity contribution < 1.29 is 4.39 Å². The topological polar surface area (TPSA) is 23.8 Å². The quantitative estimate of drug-likeness (QED) is 0.503. The van der Waals surface area contributed by atoms with Crippen molar-refractivity contribution >= 4 is 15.9 Å². The van der Waals surface area contributed by atoms with Crippen LogP contribution in [0.4, 0.5) is 4.39 Å². The predicted octanol–water partition coefficient (Wildman–Crippen LogP) is 2.44. The molecule has 0 saturated heterocycles. The van der Waals surface area contributed by atoms with E-state index in [4.69, 9.17) is 5.26 Å². The van der Waals surface area contributed by atoms with E-state index in [1.54, 1.807) is 18.2 Å². The first-order chi connectivity index (χ1) is 6.29. The van der Waals surface area contributed by atoms with E-state index in [2.05, 4.69) is 27.8 Å². The van der Waals surface area contributed by atoms with Gasteiger partial charge in [0.2, 0.25) is 0 Å². The van der Waals surface area contributed by atoms with Crippen LogP contribution in [-0.4, -0.2) is 5.33 Å². The van der Waals surface area contributed by atoms with Crippen molar-refractivity contribution in [1.82, 2.24) is 0 Å². The van der Waals surface area contributed by atoms with Gasteiger partial charge in [-0.1, -0.05) is 33.8 Å². The summed E-state index contributed by atoms with van der Waals surface area (Å²) in [5, 5.41) is 9.01. The van der Waals surface area contributed by atoms with Gasteiger partial charge in [0.1, 0.15) is 6.07 Å². The number of hydrogen-bond acceptors (Lipinski definition) is 1. The van der Waals surface area contributed by atoms with Crippen molar-refractivity contribution in [3.8, 4) is 17.9 Å². The Morgan fingerprint density at radius 2 is 2.08 bits per heavy atom. The molecule has 0 aliphatic carbocycles. The molecule has 0 amide bonds. The van der Waals surface area contributed by atoms with Crippen LogP contribution in [0.15, 0.2) is 18.2 Å². The summed E-state index contributed by atoms with van der Waals surface area (Å²) in [4.78, 5) is 0. The van der Waals surface area contributed by atoms with Crippen molar-refractivity contribution in [3.63, 3.8) is 0 Å².